The van der Waals surface area contributed by atoms with E-state index in [0.717, 1.165) is 16.5 Å². The highest BCUT2D eigenvalue weighted by atomic mass is 35.5. The Bertz CT molecular complexity index is 431. The summed E-state index contributed by atoms with van der Waals surface area (Å²) in [5.74, 6) is 7.22. The van der Waals surface area contributed by atoms with Crippen LogP contribution in [0.15, 0.2) is 24.3 Å². The monoisotopic (exact) mass is 294 g/mol. The Morgan fingerprint density at radius 1 is 1.15 bits per heavy atom. The van der Waals surface area contributed by atoms with Gasteiger partial charge in [-0.1, -0.05) is 50.6 Å². The number of benzene rings is 1. The predicted octanol–water partition coefficient (Wildman–Crippen LogP) is 4.70. The fraction of sp³-hybridized carbons (Fsp3) is 0.647. The zero-order valence-corrected chi connectivity index (χ0v) is 13.6. The minimum atomic E-state index is 0.171. The molecule has 0 heterocycles. The van der Waals surface area contributed by atoms with Crippen molar-refractivity contribution in [2.75, 3.05) is 0 Å². The van der Waals surface area contributed by atoms with Crippen LogP contribution in [0.3, 0.4) is 0 Å². The Kier molecular flexibility index (Phi) is 5.11. The van der Waals surface area contributed by atoms with Gasteiger partial charge in [0, 0.05) is 5.02 Å². The molecule has 20 heavy (non-hydrogen) atoms. The van der Waals surface area contributed by atoms with Crippen LogP contribution in [0.4, 0.5) is 0 Å². The van der Waals surface area contributed by atoms with E-state index in [-0.39, 0.29) is 6.04 Å². The van der Waals surface area contributed by atoms with Crippen LogP contribution in [0.2, 0.25) is 5.02 Å². The molecule has 0 bridgehead atoms. The Labute approximate surface area is 128 Å². The highest BCUT2D eigenvalue weighted by molar-refractivity contribution is 6.31. The summed E-state index contributed by atoms with van der Waals surface area (Å²) in [6.07, 6.45) is 5.03. The largest absolute Gasteiger partial charge is 0.271 e. The first-order valence-corrected chi connectivity index (χ1v) is 8.02. The van der Waals surface area contributed by atoms with Gasteiger partial charge in [-0.2, -0.15) is 0 Å². The van der Waals surface area contributed by atoms with E-state index in [9.17, 15) is 0 Å². The van der Waals surface area contributed by atoms with Gasteiger partial charge in [0.1, 0.15) is 0 Å². The molecule has 0 spiro atoms. The zero-order chi connectivity index (χ0) is 14.8. The van der Waals surface area contributed by atoms with Crippen LogP contribution in [0, 0.1) is 17.3 Å². The summed E-state index contributed by atoms with van der Waals surface area (Å²) in [7, 11) is 0. The Balaban J connectivity index is 2.06. The summed E-state index contributed by atoms with van der Waals surface area (Å²) < 4.78 is 0. The van der Waals surface area contributed by atoms with Crippen molar-refractivity contribution in [1.29, 1.82) is 0 Å². The molecule has 1 unspecified atom stereocenters. The fourth-order valence-corrected chi connectivity index (χ4v) is 3.78. The number of hydrazine groups is 1. The Morgan fingerprint density at radius 2 is 1.75 bits per heavy atom. The molecule has 112 valence electrons. The molecule has 1 fully saturated rings. The molecule has 1 aromatic rings. The third-order valence-electron chi connectivity index (χ3n) is 4.89. The number of halogens is 1. The van der Waals surface area contributed by atoms with Crippen LogP contribution < -0.4 is 11.3 Å². The SMILES string of the molecule is CC(C)(C)C1CCC(C(NN)c2ccccc2Cl)CC1. The van der Waals surface area contributed by atoms with Crippen LogP contribution in [-0.4, -0.2) is 0 Å². The number of nitrogens with two attached hydrogens (primary N) is 1. The van der Waals surface area contributed by atoms with E-state index in [2.05, 4.69) is 32.3 Å². The Hall–Kier alpha value is -0.570. The zero-order valence-electron chi connectivity index (χ0n) is 12.8. The van der Waals surface area contributed by atoms with Crippen molar-refractivity contribution in [3.63, 3.8) is 0 Å². The van der Waals surface area contributed by atoms with Gasteiger partial charge in [0.15, 0.2) is 0 Å². The molecule has 3 N–H and O–H groups in total. The van der Waals surface area contributed by atoms with Crippen LogP contribution in [0.25, 0.3) is 0 Å². The van der Waals surface area contributed by atoms with Crippen LogP contribution in [0.5, 0.6) is 0 Å². The molecule has 0 radical (unpaired) electrons. The van der Waals surface area contributed by atoms with Crippen molar-refractivity contribution < 1.29 is 0 Å². The molecule has 0 amide bonds. The maximum atomic E-state index is 6.32. The first-order valence-electron chi connectivity index (χ1n) is 7.64. The second-order valence-corrected chi connectivity index (χ2v) is 7.55. The third-order valence-corrected chi connectivity index (χ3v) is 5.23. The van der Waals surface area contributed by atoms with E-state index in [1.54, 1.807) is 0 Å². The second kappa shape index (κ2) is 6.46. The molecule has 0 aliphatic heterocycles. The first-order chi connectivity index (χ1) is 9.43. The lowest BCUT2D eigenvalue weighted by Crippen LogP contribution is -2.37. The molecule has 0 aromatic heterocycles. The minimum absolute atomic E-state index is 0.171. The highest BCUT2D eigenvalue weighted by Gasteiger charge is 2.33. The summed E-state index contributed by atoms with van der Waals surface area (Å²) in [5.41, 5.74) is 4.55. The molecule has 1 saturated carbocycles. The lowest BCUT2D eigenvalue weighted by molar-refractivity contribution is 0.132. The van der Waals surface area contributed by atoms with Gasteiger partial charge in [-0.25, -0.2) is 0 Å². The van der Waals surface area contributed by atoms with Gasteiger partial charge in [-0.3, -0.25) is 11.3 Å². The topological polar surface area (TPSA) is 38.0 Å². The van der Waals surface area contributed by atoms with Crippen LogP contribution in [-0.2, 0) is 0 Å². The van der Waals surface area contributed by atoms with Gasteiger partial charge in [0.25, 0.3) is 0 Å². The van der Waals surface area contributed by atoms with Crippen molar-refractivity contribution in [2.45, 2.75) is 52.5 Å². The number of hydrogen-bond acceptors (Lipinski definition) is 2. The standard InChI is InChI=1S/C17H27ClN2/c1-17(2,3)13-10-8-12(9-11-13)16(20-19)14-6-4-5-7-15(14)18/h4-7,12-13,16,20H,8-11,19H2,1-3H3. The van der Waals surface area contributed by atoms with E-state index in [0.29, 0.717) is 11.3 Å². The van der Waals surface area contributed by atoms with Gasteiger partial charge >= 0.3 is 0 Å². The lowest BCUT2D eigenvalue weighted by Gasteiger charge is -2.39. The number of rotatable bonds is 3. The van der Waals surface area contributed by atoms with Gasteiger partial charge in [0.05, 0.1) is 6.04 Å². The van der Waals surface area contributed by atoms with E-state index in [1.807, 2.05) is 18.2 Å². The van der Waals surface area contributed by atoms with Crippen LogP contribution >= 0.6 is 11.6 Å². The Morgan fingerprint density at radius 3 is 2.25 bits per heavy atom. The maximum absolute atomic E-state index is 6.32. The number of nitrogens with one attached hydrogen (secondary N) is 1. The van der Waals surface area contributed by atoms with Crippen molar-refractivity contribution in [2.24, 2.45) is 23.1 Å². The van der Waals surface area contributed by atoms with Crippen LogP contribution in [0.1, 0.15) is 58.1 Å². The summed E-state index contributed by atoms with van der Waals surface area (Å²) in [6, 6.07) is 8.21. The minimum Gasteiger partial charge on any atom is -0.271 e. The van der Waals surface area contributed by atoms with E-state index in [4.69, 9.17) is 17.4 Å². The molecule has 1 aliphatic carbocycles. The van der Waals surface area contributed by atoms with Crippen molar-refractivity contribution in [1.82, 2.24) is 5.43 Å². The molecule has 0 saturated heterocycles. The van der Waals surface area contributed by atoms with Gasteiger partial charge < -0.3 is 0 Å². The third kappa shape index (κ3) is 3.55. The molecule has 1 atom stereocenters. The lowest BCUT2D eigenvalue weighted by atomic mass is 9.68. The fourth-order valence-electron chi connectivity index (χ4n) is 3.53. The van der Waals surface area contributed by atoms with E-state index in [1.165, 1.54) is 25.7 Å². The van der Waals surface area contributed by atoms with Crippen molar-refractivity contribution in [3.05, 3.63) is 34.9 Å². The van der Waals surface area contributed by atoms with Gasteiger partial charge in [-0.15, -0.1) is 0 Å². The summed E-state index contributed by atoms with van der Waals surface area (Å²) in [4.78, 5) is 0. The normalized spacial score (nSPS) is 25.4. The van der Waals surface area contributed by atoms with Crippen molar-refractivity contribution in [3.8, 4) is 0 Å². The molecular formula is C17H27ClN2. The molecule has 2 nitrogen and oxygen atoms in total. The van der Waals surface area contributed by atoms with Gasteiger partial charge in [-0.05, 0) is 54.6 Å². The number of hydrogen-bond donors (Lipinski definition) is 2. The second-order valence-electron chi connectivity index (χ2n) is 7.14. The quantitative estimate of drug-likeness (QED) is 0.626. The smallest absolute Gasteiger partial charge is 0.0502 e. The molecule has 2 rings (SSSR count). The average Bonchev–Trinajstić information content (AvgIpc) is 2.41. The summed E-state index contributed by atoms with van der Waals surface area (Å²) in [5, 5.41) is 0.813. The first kappa shape index (κ1) is 15.8. The summed E-state index contributed by atoms with van der Waals surface area (Å²) >= 11 is 6.32. The van der Waals surface area contributed by atoms with Gasteiger partial charge in [0.2, 0.25) is 0 Å². The summed E-state index contributed by atoms with van der Waals surface area (Å²) in [6.45, 7) is 7.06. The molecule has 3 heteroatoms. The van der Waals surface area contributed by atoms with E-state index < -0.39 is 0 Å². The molecule has 1 aliphatic rings. The predicted molar refractivity (Wildman–Crippen MR) is 86.4 cm³/mol. The molecular weight excluding hydrogens is 268 g/mol. The maximum Gasteiger partial charge on any atom is 0.0502 e. The highest BCUT2D eigenvalue weighted by Crippen LogP contribution is 2.44. The molecule has 1 aromatic carbocycles. The average molecular weight is 295 g/mol. The van der Waals surface area contributed by atoms with Crippen molar-refractivity contribution >= 4 is 11.6 Å². The van der Waals surface area contributed by atoms with E-state index >= 15 is 0 Å².